The van der Waals surface area contributed by atoms with E-state index < -0.39 is 10.0 Å². The van der Waals surface area contributed by atoms with E-state index in [1.807, 2.05) is 31.2 Å². The third kappa shape index (κ3) is 4.13. The molecule has 1 atom stereocenters. The number of carbonyl (C=O) groups is 1. The minimum Gasteiger partial charge on any atom is -0.352 e. The summed E-state index contributed by atoms with van der Waals surface area (Å²) in [7, 11) is -1.93. The number of benzene rings is 1. The van der Waals surface area contributed by atoms with Gasteiger partial charge in [-0.05, 0) is 25.3 Å². The molecule has 0 saturated carbocycles. The molecule has 26 heavy (non-hydrogen) atoms. The Hall–Kier alpha value is -2.19. The van der Waals surface area contributed by atoms with Crippen molar-refractivity contribution in [3.8, 4) is 0 Å². The number of piperidine rings is 1. The van der Waals surface area contributed by atoms with Gasteiger partial charge in [0.1, 0.15) is 0 Å². The molecule has 1 N–H and O–H groups in total. The summed E-state index contributed by atoms with van der Waals surface area (Å²) in [5.41, 5.74) is 2.18. The van der Waals surface area contributed by atoms with Crippen molar-refractivity contribution in [1.82, 2.24) is 19.2 Å². The molecule has 8 heteroatoms. The van der Waals surface area contributed by atoms with Crippen LogP contribution in [0.1, 0.15) is 24.0 Å². The SMILES string of the molecule is Cc1cccc(CNC(=O)[C@@H]2CCCN(S(=O)(=O)c3cn(C)cn3)C2)c1. The van der Waals surface area contributed by atoms with Crippen molar-refractivity contribution in [2.24, 2.45) is 13.0 Å². The maximum atomic E-state index is 12.7. The fourth-order valence-electron chi connectivity index (χ4n) is 3.18. The first-order valence-corrected chi connectivity index (χ1v) is 10.1. The lowest BCUT2D eigenvalue weighted by molar-refractivity contribution is -0.126. The number of nitrogens with one attached hydrogen (secondary N) is 1. The van der Waals surface area contributed by atoms with E-state index in [1.54, 1.807) is 11.6 Å². The fraction of sp³-hybridized carbons (Fsp3) is 0.444. The summed E-state index contributed by atoms with van der Waals surface area (Å²) in [5.74, 6) is -0.445. The average molecular weight is 376 g/mol. The van der Waals surface area contributed by atoms with Gasteiger partial charge in [-0.25, -0.2) is 13.4 Å². The minimum absolute atomic E-state index is 0.0285. The number of hydrogen-bond donors (Lipinski definition) is 1. The summed E-state index contributed by atoms with van der Waals surface area (Å²) in [6.07, 6.45) is 4.29. The zero-order valence-corrected chi connectivity index (χ0v) is 15.9. The molecule has 1 aliphatic heterocycles. The van der Waals surface area contributed by atoms with Crippen LogP contribution in [0.25, 0.3) is 0 Å². The average Bonchev–Trinajstić information content (AvgIpc) is 3.07. The van der Waals surface area contributed by atoms with Gasteiger partial charge in [0.25, 0.3) is 10.0 Å². The van der Waals surface area contributed by atoms with Crippen LogP contribution in [-0.4, -0.2) is 41.3 Å². The Morgan fingerprint density at radius 2 is 2.19 bits per heavy atom. The summed E-state index contributed by atoms with van der Waals surface area (Å²) in [6, 6.07) is 7.95. The number of nitrogens with zero attached hydrogens (tertiary/aromatic N) is 3. The van der Waals surface area contributed by atoms with Gasteiger partial charge in [-0.1, -0.05) is 29.8 Å². The summed E-state index contributed by atoms with van der Waals surface area (Å²) in [4.78, 5) is 16.5. The second-order valence-corrected chi connectivity index (χ2v) is 8.67. The summed E-state index contributed by atoms with van der Waals surface area (Å²) in [6.45, 7) is 3.07. The number of aryl methyl sites for hydroxylation is 2. The molecule has 3 rings (SSSR count). The number of aromatic nitrogens is 2. The molecule has 1 aliphatic rings. The van der Waals surface area contributed by atoms with Crippen LogP contribution in [0.3, 0.4) is 0 Å². The van der Waals surface area contributed by atoms with Crippen LogP contribution in [0.2, 0.25) is 0 Å². The van der Waals surface area contributed by atoms with E-state index in [4.69, 9.17) is 0 Å². The highest BCUT2D eigenvalue weighted by molar-refractivity contribution is 7.89. The minimum atomic E-state index is -3.66. The molecule has 7 nitrogen and oxygen atoms in total. The molecule has 0 unspecified atom stereocenters. The lowest BCUT2D eigenvalue weighted by Crippen LogP contribution is -2.45. The molecule has 2 heterocycles. The van der Waals surface area contributed by atoms with Crippen molar-refractivity contribution in [3.05, 3.63) is 47.9 Å². The molecule has 2 aromatic rings. The molecular formula is C18H24N4O3S. The molecule has 0 bridgehead atoms. The zero-order valence-electron chi connectivity index (χ0n) is 15.1. The smallest absolute Gasteiger partial charge is 0.262 e. The van der Waals surface area contributed by atoms with Crippen LogP contribution < -0.4 is 5.32 Å². The Kier molecular flexibility index (Phi) is 5.43. The predicted octanol–water partition coefficient (Wildman–Crippen LogP) is 1.45. The van der Waals surface area contributed by atoms with Crippen molar-refractivity contribution in [1.29, 1.82) is 0 Å². The quantitative estimate of drug-likeness (QED) is 0.856. The Morgan fingerprint density at radius 3 is 2.88 bits per heavy atom. The van der Waals surface area contributed by atoms with Crippen LogP contribution >= 0.6 is 0 Å². The van der Waals surface area contributed by atoms with E-state index in [1.165, 1.54) is 16.8 Å². The van der Waals surface area contributed by atoms with Gasteiger partial charge >= 0.3 is 0 Å². The Morgan fingerprint density at radius 1 is 1.38 bits per heavy atom. The van der Waals surface area contributed by atoms with Gasteiger partial charge in [0.2, 0.25) is 5.91 Å². The normalized spacial score (nSPS) is 18.6. The first kappa shape index (κ1) is 18.6. The summed E-state index contributed by atoms with van der Waals surface area (Å²) >= 11 is 0. The van der Waals surface area contributed by atoms with Crippen molar-refractivity contribution < 1.29 is 13.2 Å². The second-order valence-electron chi connectivity index (χ2n) is 6.79. The van der Waals surface area contributed by atoms with Gasteiger partial charge in [-0.3, -0.25) is 4.79 Å². The summed E-state index contributed by atoms with van der Waals surface area (Å²) in [5, 5.41) is 2.96. The Bertz CT molecular complexity index is 891. The van der Waals surface area contributed by atoms with Crippen LogP contribution in [0, 0.1) is 12.8 Å². The second kappa shape index (κ2) is 7.59. The molecule has 0 spiro atoms. The monoisotopic (exact) mass is 376 g/mol. The Balaban J connectivity index is 1.63. The number of amides is 1. The maximum Gasteiger partial charge on any atom is 0.262 e. The van der Waals surface area contributed by atoms with Gasteiger partial charge in [0.05, 0.1) is 12.2 Å². The van der Waals surface area contributed by atoms with Crippen LogP contribution in [0.4, 0.5) is 0 Å². The zero-order chi connectivity index (χ0) is 18.7. The number of sulfonamides is 1. The van der Waals surface area contributed by atoms with E-state index in [9.17, 15) is 13.2 Å². The van der Waals surface area contributed by atoms with E-state index in [-0.39, 0.29) is 23.4 Å². The third-order valence-corrected chi connectivity index (χ3v) is 6.34. The van der Waals surface area contributed by atoms with Crippen molar-refractivity contribution in [3.63, 3.8) is 0 Å². The molecular weight excluding hydrogens is 352 g/mol. The van der Waals surface area contributed by atoms with Crippen LogP contribution in [0.15, 0.2) is 41.8 Å². The molecule has 1 aromatic heterocycles. The highest BCUT2D eigenvalue weighted by atomic mass is 32.2. The third-order valence-electron chi connectivity index (χ3n) is 4.59. The first-order valence-electron chi connectivity index (χ1n) is 8.67. The van der Waals surface area contributed by atoms with Crippen LogP contribution in [-0.2, 0) is 28.4 Å². The molecule has 0 aliphatic carbocycles. The van der Waals surface area contributed by atoms with E-state index >= 15 is 0 Å². The predicted molar refractivity (Wildman–Crippen MR) is 97.7 cm³/mol. The van der Waals surface area contributed by atoms with E-state index in [0.717, 1.165) is 11.1 Å². The van der Waals surface area contributed by atoms with Gasteiger partial charge in [0, 0.05) is 32.9 Å². The topological polar surface area (TPSA) is 84.3 Å². The summed E-state index contributed by atoms with van der Waals surface area (Å²) < 4.78 is 28.4. The van der Waals surface area contributed by atoms with Crippen molar-refractivity contribution in [2.45, 2.75) is 31.3 Å². The standard InChI is InChI=1S/C18H24N4O3S/c1-14-5-3-6-15(9-14)10-19-18(23)16-7-4-8-22(11-16)26(24,25)17-12-21(2)13-20-17/h3,5-6,9,12-13,16H,4,7-8,10-11H2,1-2H3,(H,19,23)/t16-/m1/s1. The van der Waals surface area contributed by atoms with Gasteiger partial charge < -0.3 is 9.88 Å². The van der Waals surface area contributed by atoms with Crippen LogP contribution in [0.5, 0.6) is 0 Å². The molecule has 1 saturated heterocycles. The van der Waals surface area contributed by atoms with Gasteiger partial charge in [0.15, 0.2) is 5.03 Å². The number of hydrogen-bond acceptors (Lipinski definition) is 4. The van der Waals surface area contributed by atoms with E-state index in [0.29, 0.717) is 25.9 Å². The lowest BCUT2D eigenvalue weighted by atomic mass is 9.98. The highest BCUT2D eigenvalue weighted by Crippen LogP contribution is 2.23. The molecule has 140 valence electrons. The molecule has 0 radical (unpaired) electrons. The molecule has 1 fully saturated rings. The van der Waals surface area contributed by atoms with Crippen molar-refractivity contribution >= 4 is 15.9 Å². The number of carbonyl (C=O) groups excluding carboxylic acids is 1. The Labute approximate surface area is 154 Å². The van der Waals surface area contributed by atoms with Gasteiger partial charge in [-0.15, -0.1) is 0 Å². The number of rotatable bonds is 5. The first-order chi connectivity index (χ1) is 12.4. The molecule has 1 amide bonds. The van der Waals surface area contributed by atoms with E-state index in [2.05, 4.69) is 10.3 Å². The van der Waals surface area contributed by atoms with Crippen molar-refractivity contribution in [2.75, 3.05) is 13.1 Å². The molecule has 1 aromatic carbocycles. The highest BCUT2D eigenvalue weighted by Gasteiger charge is 2.34. The fourth-order valence-corrected chi connectivity index (χ4v) is 4.67. The maximum absolute atomic E-state index is 12.7. The number of imidazole rings is 1. The lowest BCUT2D eigenvalue weighted by Gasteiger charge is -2.30. The van der Waals surface area contributed by atoms with Gasteiger partial charge in [-0.2, -0.15) is 4.31 Å². The largest absolute Gasteiger partial charge is 0.352 e.